The normalized spacial score (nSPS) is 10.3. The molecule has 5 heteroatoms. The van der Waals surface area contributed by atoms with E-state index in [-0.39, 0.29) is 11.5 Å². The van der Waals surface area contributed by atoms with Crippen molar-refractivity contribution in [2.75, 3.05) is 5.32 Å². The lowest BCUT2D eigenvalue weighted by molar-refractivity contribution is -0.255. The highest BCUT2D eigenvalue weighted by Gasteiger charge is 2.06. The predicted octanol–water partition coefficient (Wildman–Crippen LogP) is 1.78. The minimum Gasteiger partial charge on any atom is -0.545 e. The van der Waals surface area contributed by atoms with Crippen molar-refractivity contribution in [3.63, 3.8) is 0 Å². The van der Waals surface area contributed by atoms with Crippen molar-refractivity contribution >= 4 is 17.6 Å². The average molecular weight is 286 g/mol. The van der Waals surface area contributed by atoms with Crippen LogP contribution in [0, 0.1) is 0 Å². The summed E-state index contributed by atoms with van der Waals surface area (Å²) < 4.78 is 5.52. The number of amides is 1. The van der Waals surface area contributed by atoms with Crippen LogP contribution in [-0.4, -0.2) is 11.9 Å². The standard InChI is InChI=1S/C16H17NO4/c1-2-13-7-8-14(21-13)9-10-15(18)17-12-5-3-11(4-6-12)16(19)20/h3-8H,2,9-10H2,1H3,(H,17,18)(H,19,20)/p-1. The van der Waals surface area contributed by atoms with Crippen LogP contribution in [0.2, 0.25) is 0 Å². The van der Waals surface area contributed by atoms with Gasteiger partial charge in [-0.25, -0.2) is 0 Å². The van der Waals surface area contributed by atoms with Gasteiger partial charge in [-0.3, -0.25) is 4.79 Å². The van der Waals surface area contributed by atoms with Crippen molar-refractivity contribution in [2.45, 2.75) is 26.2 Å². The van der Waals surface area contributed by atoms with Gasteiger partial charge in [-0.2, -0.15) is 0 Å². The monoisotopic (exact) mass is 286 g/mol. The van der Waals surface area contributed by atoms with E-state index in [4.69, 9.17) is 4.42 Å². The van der Waals surface area contributed by atoms with Crippen LogP contribution in [0.4, 0.5) is 5.69 Å². The summed E-state index contributed by atoms with van der Waals surface area (Å²) in [6, 6.07) is 9.64. The number of benzene rings is 1. The van der Waals surface area contributed by atoms with E-state index < -0.39 is 5.97 Å². The van der Waals surface area contributed by atoms with Crippen molar-refractivity contribution in [2.24, 2.45) is 0 Å². The van der Waals surface area contributed by atoms with E-state index in [9.17, 15) is 14.7 Å². The minimum absolute atomic E-state index is 0.0793. The summed E-state index contributed by atoms with van der Waals surface area (Å²) in [7, 11) is 0. The van der Waals surface area contributed by atoms with Crippen LogP contribution in [0.15, 0.2) is 40.8 Å². The second kappa shape index (κ2) is 6.74. The summed E-state index contributed by atoms with van der Waals surface area (Å²) in [4.78, 5) is 22.4. The molecule has 0 saturated heterocycles. The molecule has 0 aliphatic carbocycles. The van der Waals surface area contributed by atoms with Gasteiger partial charge in [-0.15, -0.1) is 0 Å². The zero-order chi connectivity index (χ0) is 15.2. The molecule has 0 bridgehead atoms. The molecule has 1 amide bonds. The third kappa shape index (κ3) is 4.21. The number of hydrogen-bond acceptors (Lipinski definition) is 4. The summed E-state index contributed by atoms with van der Waals surface area (Å²) in [5.41, 5.74) is 0.634. The molecule has 1 aromatic carbocycles. The molecule has 0 atom stereocenters. The summed E-state index contributed by atoms with van der Waals surface area (Å²) in [5, 5.41) is 13.3. The average Bonchev–Trinajstić information content (AvgIpc) is 2.94. The predicted molar refractivity (Wildman–Crippen MR) is 75.8 cm³/mol. The van der Waals surface area contributed by atoms with Gasteiger partial charge in [0, 0.05) is 24.9 Å². The van der Waals surface area contributed by atoms with Gasteiger partial charge in [0.2, 0.25) is 5.91 Å². The third-order valence-corrected chi connectivity index (χ3v) is 3.07. The number of anilines is 1. The molecule has 0 aliphatic heterocycles. The Labute approximate surface area is 122 Å². The van der Waals surface area contributed by atoms with E-state index in [0.29, 0.717) is 18.5 Å². The number of carboxylic acid groups (broad SMARTS) is 1. The molecular formula is C16H16NO4-. The third-order valence-electron chi connectivity index (χ3n) is 3.07. The highest BCUT2D eigenvalue weighted by atomic mass is 16.4. The van der Waals surface area contributed by atoms with Crippen LogP contribution in [0.5, 0.6) is 0 Å². The number of hydrogen-bond donors (Lipinski definition) is 1. The first-order valence-electron chi connectivity index (χ1n) is 6.77. The number of furan rings is 1. The van der Waals surface area contributed by atoms with E-state index in [1.54, 1.807) is 0 Å². The highest BCUT2D eigenvalue weighted by molar-refractivity contribution is 5.92. The first-order chi connectivity index (χ1) is 10.1. The number of carbonyl (C=O) groups is 2. The molecule has 0 spiro atoms. The summed E-state index contributed by atoms with van der Waals surface area (Å²) in [6.07, 6.45) is 1.67. The van der Waals surface area contributed by atoms with Gasteiger partial charge in [0.15, 0.2) is 0 Å². The van der Waals surface area contributed by atoms with E-state index >= 15 is 0 Å². The zero-order valence-corrected chi connectivity index (χ0v) is 11.7. The van der Waals surface area contributed by atoms with E-state index in [2.05, 4.69) is 5.32 Å². The fraction of sp³-hybridized carbons (Fsp3) is 0.250. The molecular weight excluding hydrogens is 270 g/mol. The van der Waals surface area contributed by atoms with Gasteiger partial charge in [-0.1, -0.05) is 19.1 Å². The molecule has 0 aliphatic rings. The SMILES string of the molecule is CCc1ccc(CCC(=O)Nc2ccc(C(=O)[O-])cc2)o1. The van der Waals surface area contributed by atoms with E-state index in [0.717, 1.165) is 17.9 Å². The lowest BCUT2D eigenvalue weighted by Crippen LogP contribution is -2.22. The molecule has 110 valence electrons. The van der Waals surface area contributed by atoms with Crippen molar-refractivity contribution < 1.29 is 19.1 Å². The Morgan fingerprint density at radius 3 is 2.33 bits per heavy atom. The Balaban J connectivity index is 1.85. The van der Waals surface area contributed by atoms with Gasteiger partial charge in [0.25, 0.3) is 0 Å². The molecule has 2 rings (SSSR count). The van der Waals surface area contributed by atoms with Crippen molar-refractivity contribution in [1.29, 1.82) is 0 Å². The maximum atomic E-state index is 11.8. The van der Waals surface area contributed by atoms with Crippen LogP contribution in [0.25, 0.3) is 0 Å². The second-order valence-electron chi connectivity index (χ2n) is 4.63. The second-order valence-corrected chi connectivity index (χ2v) is 4.63. The van der Waals surface area contributed by atoms with Gasteiger partial charge in [0.1, 0.15) is 11.5 Å². The molecule has 2 aromatic rings. The molecule has 1 heterocycles. The number of aryl methyl sites for hydroxylation is 2. The maximum Gasteiger partial charge on any atom is 0.224 e. The quantitative estimate of drug-likeness (QED) is 0.877. The lowest BCUT2D eigenvalue weighted by atomic mass is 10.2. The van der Waals surface area contributed by atoms with Crippen LogP contribution < -0.4 is 10.4 Å². The number of rotatable bonds is 6. The molecule has 21 heavy (non-hydrogen) atoms. The minimum atomic E-state index is -1.24. The van der Waals surface area contributed by atoms with E-state index in [1.807, 2.05) is 19.1 Å². The Kier molecular flexibility index (Phi) is 4.77. The smallest absolute Gasteiger partial charge is 0.224 e. The first kappa shape index (κ1) is 14.8. The molecule has 5 nitrogen and oxygen atoms in total. The fourth-order valence-corrected chi connectivity index (χ4v) is 1.90. The molecule has 0 fully saturated rings. The van der Waals surface area contributed by atoms with Gasteiger partial charge < -0.3 is 19.6 Å². The van der Waals surface area contributed by atoms with Gasteiger partial charge in [-0.05, 0) is 29.8 Å². The van der Waals surface area contributed by atoms with Gasteiger partial charge in [0.05, 0.1) is 5.97 Å². The zero-order valence-electron chi connectivity index (χ0n) is 11.7. The number of nitrogens with one attached hydrogen (secondary N) is 1. The molecule has 0 radical (unpaired) electrons. The fourth-order valence-electron chi connectivity index (χ4n) is 1.90. The van der Waals surface area contributed by atoms with Crippen molar-refractivity contribution in [1.82, 2.24) is 0 Å². The van der Waals surface area contributed by atoms with Crippen LogP contribution >= 0.6 is 0 Å². The molecule has 0 unspecified atom stereocenters. The number of carboxylic acids is 1. The topological polar surface area (TPSA) is 82.4 Å². The molecule has 1 aromatic heterocycles. The largest absolute Gasteiger partial charge is 0.545 e. The Morgan fingerprint density at radius 2 is 1.76 bits per heavy atom. The number of aromatic carboxylic acids is 1. The summed E-state index contributed by atoms with van der Waals surface area (Å²) in [5.74, 6) is 0.306. The van der Waals surface area contributed by atoms with Crippen LogP contribution in [-0.2, 0) is 17.6 Å². The first-order valence-corrected chi connectivity index (χ1v) is 6.77. The molecule has 1 N–H and O–H groups in total. The summed E-state index contributed by atoms with van der Waals surface area (Å²) >= 11 is 0. The van der Waals surface area contributed by atoms with E-state index in [1.165, 1.54) is 24.3 Å². The van der Waals surface area contributed by atoms with Crippen LogP contribution in [0.1, 0.15) is 35.2 Å². The Hall–Kier alpha value is -2.56. The highest BCUT2D eigenvalue weighted by Crippen LogP contribution is 2.12. The maximum absolute atomic E-state index is 11.8. The van der Waals surface area contributed by atoms with Crippen molar-refractivity contribution in [3.05, 3.63) is 53.5 Å². The lowest BCUT2D eigenvalue weighted by Gasteiger charge is -2.06. The van der Waals surface area contributed by atoms with Gasteiger partial charge >= 0.3 is 0 Å². The Morgan fingerprint density at radius 1 is 1.10 bits per heavy atom. The van der Waals surface area contributed by atoms with Crippen molar-refractivity contribution in [3.8, 4) is 0 Å². The Bertz CT molecular complexity index is 628. The number of carbonyl (C=O) groups excluding carboxylic acids is 2. The summed E-state index contributed by atoms with van der Waals surface area (Å²) in [6.45, 7) is 2.01. The molecule has 0 saturated carbocycles. The van der Waals surface area contributed by atoms with Crippen LogP contribution in [0.3, 0.4) is 0 Å².